The molecule has 86 valence electrons. The Balaban J connectivity index is 2.54. The molecule has 3 nitrogen and oxygen atoms in total. The molecule has 1 aromatic carbocycles. The van der Waals surface area contributed by atoms with Crippen molar-refractivity contribution < 1.29 is 4.74 Å². The summed E-state index contributed by atoms with van der Waals surface area (Å²) in [5.74, 6) is 0.886. The van der Waals surface area contributed by atoms with E-state index in [1.54, 1.807) is 0 Å². The van der Waals surface area contributed by atoms with Crippen molar-refractivity contribution in [3.05, 3.63) is 23.3 Å². The molecule has 2 N–H and O–H groups in total. The van der Waals surface area contributed by atoms with Crippen molar-refractivity contribution >= 4 is 5.69 Å². The molecule has 0 heterocycles. The molecule has 0 amide bonds. The first-order chi connectivity index (χ1) is 7.66. The number of aryl methyl sites for hydroxylation is 1. The van der Waals surface area contributed by atoms with Crippen LogP contribution in [0.5, 0.6) is 5.75 Å². The third-order valence-corrected chi connectivity index (χ3v) is 2.57. The molecule has 0 radical (unpaired) electrons. The molecule has 0 aliphatic rings. The second kappa shape index (κ2) is 6.02. The first-order valence-corrected chi connectivity index (χ1v) is 5.52. The van der Waals surface area contributed by atoms with E-state index in [1.807, 2.05) is 26.0 Å². The molecule has 1 rings (SSSR count). The summed E-state index contributed by atoms with van der Waals surface area (Å²) in [6.07, 6.45) is 2.39. The van der Waals surface area contributed by atoms with Gasteiger partial charge in [-0.15, -0.1) is 0 Å². The van der Waals surface area contributed by atoms with Crippen LogP contribution in [0.25, 0.3) is 0 Å². The van der Waals surface area contributed by atoms with Crippen molar-refractivity contribution in [1.29, 1.82) is 5.26 Å². The standard InChI is InChI=1S/C13H18N2O/c1-10-6-7-12(15)11(2)13(10)16-9-5-3-4-8-14/h6-7H,3-5,9,15H2,1-2H3. The average Bonchev–Trinajstić information content (AvgIpc) is 2.28. The molecule has 0 saturated carbocycles. The molecule has 0 spiro atoms. The van der Waals surface area contributed by atoms with E-state index in [9.17, 15) is 0 Å². The Bertz CT molecular complexity index is 394. The Morgan fingerprint density at radius 1 is 1.31 bits per heavy atom. The van der Waals surface area contributed by atoms with Crippen molar-refractivity contribution in [2.45, 2.75) is 33.1 Å². The monoisotopic (exact) mass is 218 g/mol. The number of nitrogen functional groups attached to an aromatic ring is 1. The van der Waals surface area contributed by atoms with E-state index >= 15 is 0 Å². The fourth-order valence-electron chi connectivity index (χ4n) is 1.54. The molecule has 0 atom stereocenters. The van der Waals surface area contributed by atoms with Crippen LogP contribution in [0.15, 0.2) is 12.1 Å². The van der Waals surface area contributed by atoms with Crippen LogP contribution in [0.4, 0.5) is 5.69 Å². The lowest BCUT2D eigenvalue weighted by Crippen LogP contribution is -2.02. The number of hydrogen-bond donors (Lipinski definition) is 1. The Labute approximate surface area is 96.8 Å². The quantitative estimate of drug-likeness (QED) is 0.610. The summed E-state index contributed by atoms with van der Waals surface area (Å²) >= 11 is 0. The van der Waals surface area contributed by atoms with Gasteiger partial charge in [0.15, 0.2) is 0 Å². The van der Waals surface area contributed by atoms with Crippen LogP contribution >= 0.6 is 0 Å². The number of nitrogens with two attached hydrogens (primary N) is 1. The van der Waals surface area contributed by atoms with Crippen molar-refractivity contribution in [3.63, 3.8) is 0 Å². The lowest BCUT2D eigenvalue weighted by Gasteiger charge is -2.13. The van der Waals surface area contributed by atoms with Crippen LogP contribution in [0, 0.1) is 25.2 Å². The van der Waals surface area contributed by atoms with Crippen LogP contribution in [0.3, 0.4) is 0 Å². The summed E-state index contributed by atoms with van der Waals surface area (Å²) in [5.41, 5.74) is 8.68. The molecule has 16 heavy (non-hydrogen) atoms. The van der Waals surface area contributed by atoms with E-state index in [1.165, 1.54) is 0 Å². The van der Waals surface area contributed by atoms with Gasteiger partial charge in [-0.3, -0.25) is 0 Å². The summed E-state index contributed by atoms with van der Waals surface area (Å²) in [6, 6.07) is 5.98. The van der Waals surface area contributed by atoms with Crippen LogP contribution < -0.4 is 10.5 Å². The van der Waals surface area contributed by atoms with Gasteiger partial charge in [-0.25, -0.2) is 0 Å². The lowest BCUT2D eigenvalue weighted by molar-refractivity contribution is 0.304. The number of nitriles is 1. The summed E-state index contributed by atoms with van der Waals surface area (Å²) in [4.78, 5) is 0. The van der Waals surface area contributed by atoms with Crippen LogP contribution in [0.2, 0.25) is 0 Å². The number of rotatable bonds is 5. The number of nitrogens with zero attached hydrogens (tertiary/aromatic N) is 1. The van der Waals surface area contributed by atoms with Crippen LogP contribution in [-0.4, -0.2) is 6.61 Å². The highest BCUT2D eigenvalue weighted by Gasteiger charge is 2.06. The number of benzene rings is 1. The van der Waals surface area contributed by atoms with Crippen molar-refractivity contribution in [2.24, 2.45) is 0 Å². The number of hydrogen-bond acceptors (Lipinski definition) is 3. The van der Waals surface area contributed by atoms with Gasteiger partial charge in [0.25, 0.3) is 0 Å². The van der Waals surface area contributed by atoms with Gasteiger partial charge in [-0.2, -0.15) is 5.26 Å². The number of unbranched alkanes of at least 4 members (excludes halogenated alkanes) is 2. The number of ether oxygens (including phenoxy) is 1. The number of anilines is 1. The topological polar surface area (TPSA) is 59.0 Å². The minimum atomic E-state index is 0.595. The molecule has 0 aliphatic carbocycles. The highest BCUT2D eigenvalue weighted by molar-refractivity contribution is 5.56. The van der Waals surface area contributed by atoms with Crippen LogP contribution in [0.1, 0.15) is 30.4 Å². The van der Waals surface area contributed by atoms with E-state index in [0.717, 1.165) is 35.4 Å². The van der Waals surface area contributed by atoms with Gasteiger partial charge in [0, 0.05) is 17.7 Å². The minimum absolute atomic E-state index is 0.595. The molecule has 0 fully saturated rings. The van der Waals surface area contributed by atoms with Gasteiger partial charge in [0.05, 0.1) is 12.7 Å². The van der Waals surface area contributed by atoms with Gasteiger partial charge in [-0.1, -0.05) is 6.07 Å². The molecular formula is C13H18N2O. The predicted molar refractivity (Wildman–Crippen MR) is 65.3 cm³/mol. The first kappa shape index (κ1) is 12.4. The van der Waals surface area contributed by atoms with E-state index in [2.05, 4.69) is 6.07 Å². The molecule has 0 unspecified atom stereocenters. The minimum Gasteiger partial charge on any atom is -0.493 e. The van der Waals surface area contributed by atoms with Gasteiger partial charge < -0.3 is 10.5 Å². The Kier molecular flexibility index (Phi) is 4.65. The zero-order chi connectivity index (χ0) is 12.0. The van der Waals surface area contributed by atoms with Crippen molar-refractivity contribution in [1.82, 2.24) is 0 Å². The Morgan fingerprint density at radius 3 is 2.75 bits per heavy atom. The molecule has 0 aliphatic heterocycles. The third-order valence-electron chi connectivity index (χ3n) is 2.57. The average molecular weight is 218 g/mol. The van der Waals surface area contributed by atoms with E-state index in [4.69, 9.17) is 15.7 Å². The fraction of sp³-hybridized carbons (Fsp3) is 0.462. The third kappa shape index (κ3) is 3.16. The zero-order valence-corrected chi connectivity index (χ0v) is 9.92. The van der Waals surface area contributed by atoms with E-state index in [0.29, 0.717) is 13.0 Å². The summed E-state index contributed by atoms with van der Waals surface area (Å²) in [5, 5.41) is 8.40. The molecule has 0 saturated heterocycles. The fourth-order valence-corrected chi connectivity index (χ4v) is 1.54. The second-order valence-corrected chi connectivity index (χ2v) is 3.89. The maximum Gasteiger partial charge on any atom is 0.127 e. The second-order valence-electron chi connectivity index (χ2n) is 3.89. The van der Waals surface area contributed by atoms with Crippen LogP contribution in [-0.2, 0) is 0 Å². The van der Waals surface area contributed by atoms with Gasteiger partial charge in [-0.05, 0) is 38.3 Å². The zero-order valence-electron chi connectivity index (χ0n) is 9.92. The maximum absolute atomic E-state index is 8.40. The summed E-state index contributed by atoms with van der Waals surface area (Å²) in [7, 11) is 0. The highest BCUT2D eigenvalue weighted by atomic mass is 16.5. The SMILES string of the molecule is Cc1ccc(N)c(C)c1OCCCCC#N. The van der Waals surface area contributed by atoms with E-state index < -0.39 is 0 Å². The molecule has 0 aromatic heterocycles. The molecule has 0 bridgehead atoms. The van der Waals surface area contributed by atoms with E-state index in [-0.39, 0.29) is 0 Å². The highest BCUT2D eigenvalue weighted by Crippen LogP contribution is 2.27. The van der Waals surface area contributed by atoms with Crippen molar-refractivity contribution in [3.8, 4) is 11.8 Å². The predicted octanol–water partition coefficient (Wildman–Crippen LogP) is 2.96. The smallest absolute Gasteiger partial charge is 0.127 e. The summed E-state index contributed by atoms with van der Waals surface area (Å²) in [6.45, 7) is 4.62. The van der Waals surface area contributed by atoms with Gasteiger partial charge in [0.1, 0.15) is 5.75 Å². The molecular weight excluding hydrogens is 200 g/mol. The van der Waals surface area contributed by atoms with Gasteiger partial charge in [0.2, 0.25) is 0 Å². The van der Waals surface area contributed by atoms with Crippen molar-refractivity contribution in [2.75, 3.05) is 12.3 Å². The molecule has 1 aromatic rings. The lowest BCUT2D eigenvalue weighted by atomic mass is 10.1. The Morgan fingerprint density at radius 2 is 2.06 bits per heavy atom. The maximum atomic E-state index is 8.40. The summed E-state index contributed by atoms with van der Waals surface area (Å²) < 4.78 is 5.71. The normalized spacial score (nSPS) is 9.81. The van der Waals surface area contributed by atoms with Gasteiger partial charge >= 0.3 is 0 Å². The molecule has 3 heteroatoms. The first-order valence-electron chi connectivity index (χ1n) is 5.52. The Hall–Kier alpha value is -1.69. The largest absolute Gasteiger partial charge is 0.493 e.